The summed E-state index contributed by atoms with van der Waals surface area (Å²) < 4.78 is 29.9. The average molecular weight is 252 g/mol. The molecule has 0 atom stereocenters. The smallest absolute Gasteiger partial charge is 0.337 e. The molecule has 2 rings (SSSR count). The van der Waals surface area contributed by atoms with Gasteiger partial charge in [-0.25, -0.2) is 9.48 Å². The van der Waals surface area contributed by atoms with Gasteiger partial charge in [-0.1, -0.05) is 12.1 Å². The molecule has 0 aliphatic heterocycles. The Kier molecular flexibility index (Phi) is 3.36. The lowest BCUT2D eigenvalue weighted by Crippen LogP contribution is -2.00. The van der Waals surface area contributed by atoms with Crippen molar-refractivity contribution in [1.82, 2.24) is 9.78 Å². The van der Waals surface area contributed by atoms with Crippen molar-refractivity contribution < 1.29 is 18.3 Å². The zero-order valence-electron chi connectivity index (χ0n) is 9.51. The number of ether oxygens (including phenoxy) is 1. The third-order valence-electron chi connectivity index (χ3n) is 2.42. The largest absolute Gasteiger partial charge is 0.465 e. The Balaban J connectivity index is 2.35. The van der Waals surface area contributed by atoms with Crippen LogP contribution in [0.2, 0.25) is 0 Å². The van der Waals surface area contributed by atoms with Crippen LogP contribution in [0.4, 0.5) is 8.78 Å². The van der Waals surface area contributed by atoms with Crippen molar-refractivity contribution in [2.75, 3.05) is 7.11 Å². The number of esters is 1. The van der Waals surface area contributed by atoms with E-state index in [1.807, 2.05) is 0 Å². The lowest BCUT2D eigenvalue weighted by Gasteiger charge is -2.02. The van der Waals surface area contributed by atoms with Gasteiger partial charge in [0.25, 0.3) is 0 Å². The number of hydrogen-bond acceptors (Lipinski definition) is 3. The van der Waals surface area contributed by atoms with E-state index in [2.05, 4.69) is 9.84 Å². The van der Waals surface area contributed by atoms with Crippen LogP contribution in [-0.4, -0.2) is 22.9 Å². The molecule has 6 heteroatoms. The maximum Gasteiger partial charge on any atom is 0.337 e. The number of hydrogen-bond donors (Lipinski definition) is 0. The number of carbonyl (C=O) groups excluding carboxylic acids is 1. The van der Waals surface area contributed by atoms with Crippen molar-refractivity contribution in [3.63, 3.8) is 0 Å². The molecule has 4 nitrogen and oxygen atoms in total. The molecule has 0 spiro atoms. The Labute approximate surface area is 102 Å². The molecule has 0 bridgehead atoms. The Morgan fingerprint density at radius 1 is 1.39 bits per heavy atom. The molecule has 1 heterocycles. The van der Waals surface area contributed by atoms with E-state index >= 15 is 0 Å². The summed E-state index contributed by atoms with van der Waals surface area (Å²) in [4.78, 5) is 11.3. The molecule has 1 aromatic heterocycles. The summed E-state index contributed by atoms with van der Waals surface area (Å²) in [7, 11) is 1.28. The van der Waals surface area contributed by atoms with E-state index < -0.39 is 12.5 Å². The zero-order chi connectivity index (χ0) is 13.1. The van der Waals surface area contributed by atoms with Gasteiger partial charge >= 0.3 is 12.5 Å². The van der Waals surface area contributed by atoms with Gasteiger partial charge in [-0.2, -0.15) is 13.9 Å². The van der Waals surface area contributed by atoms with Crippen LogP contribution in [0, 0.1) is 0 Å². The minimum Gasteiger partial charge on any atom is -0.465 e. The van der Waals surface area contributed by atoms with Crippen LogP contribution < -0.4 is 0 Å². The second-order valence-electron chi connectivity index (χ2n) is 3.56. The second kappa shape index (κ2) is 4.95. The molecule has 0 fully saturated rings. The van der Waals surface area contributed by atoms with Crippen LogP contribution in [0.5, 0.6) is 0 Å². The molecule has 2 aromatic rings. The summed E-state index contributed by atoms with van der Waals surface area (Å²) in [6, 6.07) is 6.52. The fourth-order valence-corrected chi connectivity index (χ4v) is 1.54. The SMILES string of the molecule is COC(=O)c1cccc(-c2cnn(C(F)F)c2)c1. The van der Waals surface area contributed by atoms with Crippen molar-refractivity contribution in [2.45, 2.75) is 6.55 Å². The van der Waals surface area contributed by atoms with Crippen LogP contribution in [0.3, 0.4) is 0 Å². The zero-order valence-corrected chi connectivity index (χ0v) is 9.51. The number of benzene rings is 1. The summed E-state index contributed by atoms with van der Waals surface area (Å²) in [5.74, 6) is -0.474. The van der Waals surface area contributed by atoms with Gasteiger partial charge in [0.15, 0.2) is 0 Å². The molecule has 0 aliphatic rings. The van der Waals surface area contributed by atoms with E-state index in [-0.39, 0.29) is 0 Å². The highest BCUT2D eigenvalue weighted by atomic mass is 19.3. The first-order valence-electron chi connectivity index (χ1n) is 5.13. The third-order valence-corrected chi connectivity index (χ3v) is 2.42. The Hall–Kier alpha value is -2.24. The first-order chi connectivity index (χ1) is 8.61. The Bertz CT molecular complexity index is 567. The molecule has 0 N–H and O–H groups in total. The molecule has 18 heavy (non-hydrogen) atoms. The lowest BCUT2D eigenvalue weighted by molar-refractivity contribution is 0.0565. The van der Waals surface area contributed by atoms with Crippen LogP contribution in [0.15, 0.2) is 36.7 Å². The van der Waals surface area contributed by atoms with E-state index in [4.69, 9.17) is 0 Å². The van der Waals surface area contributed by atoms with Crippen molar-refractivity contribution >= 4 is 5.97 Å². The van der Waals surface area contributed by atoms with Gasteiger partial charge in [0.2, 0.25) is 0 Å². The van der Waals surface area contributed by atoms with Gasteiger partial charge in [-0.05, 0) is 17.7 Å². The van der Waals surface area contributed by atoms with E-state index in [1.54, 1.807) is 24.3 Å². The lowest BCUT2D eigenvalue weighted by atomic mass is 10.1. The summed E-state index contributed by atoms with van der Waals surface area (Å²) in [5.41, 5.74) is 1.51. The number of methoxy groups -OCH3 is 1. The number of nitrogens with zero attached hydrogens (tertiary/aromatic N) is 2. The third kappa shape index (κ3) is 2.37. The summed E-state index contributed by atoms with van der Waals surface area (Å²) in [6.07, 6.45) is 2.55. The molecular formula is C12H10F2N2O2. The predicted octanol–water partition coefficient (Wildman–Crippen LogP) is 2.73. The number of rotatable bonds is 3. The molecule has 0 amide bonds. The van der Waals surface area contributed by atoms with Gasteiger partial charge in [0, 0.05) is 11.8 Å². The number of alkyl halides is 2. The molecule has 0 unspecified atom stereocenters. The Morgan fingerprint density at radius 3 is 2.78 bits per heavy atom. The van der Waals surface area contributed by atoms with Crippen molar-refractivity contribution in [3.05, 3.63) is 42.2 Å². The van der Waals surface area contributed by atoms with Gasteiger partial charge in [0.1, 0.15) is 0 Å². The van der Waals surface area contributed by atoms with Crippen LogP contribution in [0.1, 0.15) is 16.9 Å². The van der Waals surface area contributed by atoms with E-state index in [0.717, 1.165) is 0 Å². The minimum absolute atomic E-state index is 0.361. The van der Waals surface area contributed by atoms with E-state index in [0.29, 0.717) is 21.4 Å². The predicted molar refractivity (Wildman–Crippen MR) is 60.3 cm³/mol. The normalized spacial score (nSPS) is 10.7. The molecule has 94 valence electrons. The summed E-state index contributed by atoms with van der Waals surface area (Å²) in [5, 5.41) is 3.54. The van der Waals surface area contributed by atoms with Gasteiger partial charge in [-0.3, -0.25) is 0 Å². The van der Waals surface area contributed by atoms with Crippen LogP contribution in [-0.2, 0) is 4.74 Å². The quantitative estimate of drug-likeness (QED) is 0.789. The maximum atomic E-state index is 12.4. The van der Waals surface area contributed by atoms with Crippen LogP contribution >= 0.6 is 0 Å². The average Bonchev–Trinajstić information content (AvgIpc) is 2.88. The number of halogens is 2. The molecule has 1 aromatic carbocycles. The molecule has 0 saturated carbocycles. The fourth-order valence-electron chi connectivity index (χ4n) is 1.54. The molecule has 0 saturated heterocycles. The first kappa shape index (κ1) is 12.2. The molecule has 0 radical (unpaired) electrons. The van der Waals surface area contributed by atoms with Gasteiger partial charge < -0.3 is 4.74 Å². The van der Waals surface area contributed by atoms with Crippen LogP contribution in [0.25, 0.3) is 11.1 Å². The highest BCUT2D eigenvalue weighted by Gasteiger charge is 2.10. The van der Waals surface area contributed by atoms with Gasteiger partial charge in [0.05, 0.1) is 18.9 Å². The summed E-state index contributed by atoms with van der Waals surface area (Å²) in [6.45, 7) is -2.68. The topological polar surface area (TPSA) is 44.1 Å². The van der Waals surface area contributed by atoms with Crippen molar-refractivity contribution in [1.29, 1.82) is 0 Å². The van der Waals surface area contributed by atoms with E-state index in [1.165, 1.54) is 19.5 Å². The summed E-state index contributed by atoms with van der Waals surface area (Å²) >= 11 is 0. The fraction of sp³-hybridized carbons (Fsp3) is 0.167. The minimum atomic E-state index is -2.68. The second-order valence-corrected chi connectivity index (χ2v) is 3.56. The Morgan fingerprint density at radius 2 is 2.17 bits per heavy atom. The molecule has 0 aliphatic carbocycles. The highest BCUT2D eigenvalue weighted by molar-refractivity contribution is 5.90. The molecular weight excluding hydrogens is 242 g/mol. The highest BCUT2D eigenvalue weighted by Crippen LogP contribution is 2.22. The monoisotopic (exact) mass is 252 g/mol. The number of aromatic nitrogens is 2. The standard InChI is InChI=1S/C12H10F2N2O2/c1-18-11(17)9-4-2-3-8(5-9)10-6-15-16(7-10)12(13)14/h2-7,12H,1H3. The maximum absolute atomic E-state index is 12.4. The van der Waals surface area contributed by atoms with Crippen molar-refractivity contribution in [2.24, 2.45) is 0 Å². The first-order valence-corrected chi connectivity index (χ1v) is 5.13. The van der Waals surface area contributed by atoms with Crippen molar-refractivity contribution in [3.8, 4) is 11.1 Å². The van der Waals surface area contributed by atoms with Gasteiger partial charge in [-0.15, -0.1) is 0 Å². The number of carbonyl (C=O) groups is 1. The van der Waals surface area contributed by atoms with E-state index in [9.17, 15) is 13.6 Å².